The Morgan fingerprint density at radius 1 is 1.53 bits per heavy atom. The maximum Gasteiger partial charge on any atom is 0.0417 e. The molecule has 1 aliphatic carbocycles. The summed E-state index contributed by atoms with van der Waals surface area (Å²) < 4.78 is 0. The molecule has 0 amide bonds. The average Bonchev–Trinajstić information content (AvgIpc) is 2.89. The summed E-state index contributed by atoms with van der Waals surface area (Å²) in [7, 11) is 0. The highest BCUT2D eigenvalue weighted by atomic mass is 32.1. The van der Waals surface area contributed by atoms with Crippen molar-refractivity contribution in [3.05, 3.63) is 34.0 Å². The molecular formula is C15H23NS. The summed E-state index contributed by atoms with van der Waals surface area (Å²) in [5, 5.41) is 3.67. The van der Waals surface area contributed by atoms with Crippen LogP contribution in [-0.4, -0.2) is 6.54 Å². The number of fused-ring (bicyclic) bond motifs is 1. The number of thiophene rings is 1. The van der Waals surface area contributed by atoms with Gasteiger partial charge in [0.05, 0.1) is 0 Å². The maximum atomic E-state index is 3.83. The van der Waals surface area contributed by atoms with Crippen molar-refractivity contribution in [3.63, 3.8) is 0 Å². The van der Waals surface area contributed by atoms with Crippen LogP contribution in [0.4, 0.5) is 0 Å². The second-order valence-corrected chi connectivity index (χ2v) is 5.99. The predicted molar refractivity (Wildman–Crippen MR) is 76.8 cm³/mol. The Labute approximate surface area is 109 Å². The van der Waals surface area contributed by atoms with Gasteiger partial charge in [0.25, 0.3) is 0 Å². The summed E-state index contributed by atoms with van der Waals surface area (Å²) >= 11 is 2.03. The first-order chi connectivity index (χ1) is 8.35. The van der Waals surface area contributed by atoms with Crippen LogP contribution in [0.1, 0.15) is 54.0 Å². The first-order valence-corrected chi connectivity index (χ1v) is 7.62. The van der Waals surface area contributed by atoms with Gasteiger partial charge in [-0.3, -0.25) is 0 Å². The Kier molecular flexibility index (Phi) is 4.81. The molecule has 0 aromatic carbocycles. The fourth-order valence-corrected chi connectivity index (χ4v) is 3.84. The number of hydrogen-bond donors (Lipinski definition) is 1. The van der Waals surface area contributed by atoms with E-state index in [1.165, 1.54) is 32.1 Å². The minimum atomic E-state index is 0.545. The van der Waals surface area contributed by atoms with Crippen molar-refractivity contribution in [1.29, 1.82) is 0 Å². The Morgan fingerprint density at radius 2 is 2.41 bits per heavy atom. The first kappa shape index (κ1) is 12.8. The van der Waals surface area contributed by atoms with Crippen molar-refractivity contribution in [3.8, 4) is 0 Å². The van der Waals surface area contributed by atoms with Gasteiger partial charge >= 0.3 is 0 Å². The van der Waals surface area contributed by atoms with Gasteiger partial charge in [0.15, 0.2) is 0 Å². The molecule has 1 nitrogen and oxygen atoms in total. The van der Waals surface area contributed by atoms with Gasteiger partial charge in [-0.2, -0.15) is 0 Å². The molecule has 2 rings (SSSR count). The van der Waals surface area contributed by atoms with Crippen LogP contribution < -0.4 is 5.32 Å². The lowest BCUT2D eigenvalue weighted by molar-refractivity contribution is 0.510. The number of nitrogens with one attached hydrogen (secondary N) is 1. The molecule has 1 N–H and O–H groups in total. The van der Waals surface area contributed by atoms with Crippen LogP contribution in [0.25, 0.3) is 0 Å². The molecule has 0 saturated heterocycles. The van der Waals surface area contributed by atoms with Crippen molar-refractivity contribution >= 4 is 11.3 Å². The molecule has 1 aromatic heterocycles. The van der Waals surface area contributed by atoms with Crippen LogP contribution in [-0.2, 0) is 12.8 Å². The minimum Gasteiger partial charge on any atom is -0.309 e. The van der Waals surface area contributed by atoms with Crippen molar-refractivity contribution < 1.29 is 0 Å². The van der Waals surface area contributed by atoms with Gasteiger partial charge in [-0.05, 0) is 56.7 Å². The van der Waals surface area contributed by atoms with Crippen molar-refractivity contribution in [1.82, 2.24) is 5.32 Å². The topological polar surface area (TPSA) is 12.0 Å². The van der Waals surface area contributed by atoms with E-state index < -0.39 is 0 Å². The highest BCUT2D eigenvalue weighted by Crippen LogP contribution is 2.35. The number of hydrogen-bond acceptors (Lipinski definition) is 2. The van der Waals surface area contributed by atoms with Crippen molar-refractivity contribution in [2.45, 2.75) is 51.5 Å². The zero-order valence-electron chi connectivity index (χ0n) is 10.8. The van der Waals surface area contributed by atoms with Crippen molar-refractivity contribution in [2.75, 3.05) is 6.54 Å². The van der Waals surface area contributed by atoms with Gasteiger partial charge in [-0.15, -0.1) is 17.9 Å². The highest BCUT2D eigenvalue weighted by molar-refractivity contribution is 7.12. The summed E-state index contributed by atoms with van der Waals surface area (Å²) in [6, 6.07) is 2.99. The largest absolute Gasteiger partial charge is 0.309 e. The zero-order valence-corrected chi connectivity index (χ0v) is 11.6. The lowest BCUT2D eigenvalue weighted by Gasteiger charge is -2.16. The first-order valence-electron chi connectivity index (χ1n) is 6.81. The molecule has 1 aromatic rings. The standard InChI is InChI=1S/C15H23NS/c1-3-5-8-13(16-10-4-2)15-11-12-7-6-9-14(12)17-15/h3,11,13,16H,1,4-10H2,2H3. The third kappa shape index (κ3) is 3.20. The summed E-state index contributed by atoms with van der Waals surface area (Å²) in [6.07, 6.45) is 9.49. The van der Waals surface area contributed by atoms with E-state index in [4.69, 9.17) is 0 Å². The predicted octanol–water partition coefficient (Wildman–Crippen LogP) is 4.24. The van der Waals surface area contributed by atoms with E-state index >= 15 is 0 Å². The van der Waals surface area contributed by atoms with E-state index in [9.17, 15) is 0 Å². The molecule has 1 atom stereocenters. The zero-order chi connectivity index (χ0) is 12.1. The Balaban J connectivity index is 2.04. The van der Waals surface area contributed by atoms with Crippen LogP contribution >= 0.6 is 11.3 Å². The number of rotatable bonds is 7. The molecule has 17 heavy (non-hydrogen) atoms. The minimum absolute atomic E-state index is 0.545. The highest BCUT2D eigenvalue weighted by Gasteiger charge is 2.19. The summed E-state index contributed by atoms with van der Waals surface area (Å²) in [6.45, 7) is 7.18. The maximum absolute atomic E-state index is 3.83. The van der Waals surface area contributed by atoms with Gasteiger partial charge in [0, 0.05) is 15.8 Å². The third-order valence-corrected chi connectivity index (χ3v) is 4.76. The average molecular weight is 249 g/mol. The molecule has 94 valence electrons. The lowest BCUT2D eigenvalue weighted by atomic mass is 10.1. The molecule has 2 heteroatoms. The van der Waals surface area contributed by atoms with E-state index in [0.29, 0.717) is 6.04 Å². The van der Waals surface area contributed by atoms with Crippen LogP contribution in [0.15, 0.2) is 18.7 Å². The molecule has 0 radical (unpaired) electrons. The SMILES string of the molecule is C=CCCC(NCCC)c1cc2c(s1)CCC2. The number of allylic oxidation sites excluding steroid dienone is 1. The normalized spacial score (nSPS) is 15.8. The van der Waals surface area contributed by atoms with Crippen LogP contribution in [0.5, 0.6) is 0 Å². The molecule has 0 fully saturated rings. The molecule has 0 bridgehead atoms. The van der Waals surface area contributed by atoms with Crippen molar-refractivity contribution in [2.24, 2.45) is 0 Å². The molecule has 0 saturated carbocycles. The lowest BCUT2D eigenvalue weighted by Crippen LogP contribution is -2.21. The molecule has 0 spiro atoms. The fraction of sp³-hybridized carbons (Fsp3) is 0.600. The van der Waals surface area contributed by atoms with E-state index in [2.05, 4.69) is 24.9 Å². The Morgan fingerprint density at radius 3 is 3.12 bits per heavy atom. The monoisotopic (exact) mass is 249 g/mol. The Bertz CT molecular complexity index is 345. The summed E-state index contributed by atoms with van der Waals surface area (Å²) in [5.41, 5.74) is 1.62. The van der Waals surface area contributed by atoms with Gasteiger partial charge in [-0.1, -0.05) is 13.0 Å². The van der Waals surface area contributed by atoms with Gasteiger partial charge in [0.1, 0.15) is 0 Å². The second-order valence-electron chi connectivity index (χ2n) is 4.82. The molecule has 0 aliphatic heterocycles. The summed E-state index contributed by atoms with van der Waals surface area (Å²) in [4.78, 5) is 3.19. The number of aryl methyl sites for hydroxylation is 2. The quantitative estimate of drug-likeness (QED) is 0.713. The van der Waals surface area contributed by atoms with E-state index in [-0.39, 0.29) is 0 Å². The molecule has 1 aliphatic rings. The van der Waals surface area contributed by atoms with E-state index in [1.807, 2.05) is 17.4 Å². The fourth-order valence-electron chi connectivity index (χ4n) is 2.47. The van der Waals surface area contributed by atoms with Gasteiger partial charge in [0.2, 0.25) is 0 Å². The third-order valence-electron chi connectivity index (χ3n) is 3.41. The van der Waals surface area contributed by atoms with E-state index in [1.54, 1.807) is 15.3 Å². The van der Waals surface area contributed by atoms with E-state index in [0.717, 1.165) is 13.0 Å². The smallest absolute Gasteiger partial charge is 0.0417 e. The van der Waals surface area contributed by atoms with Gasteiger partial charge in [-0.25, -0.2) is 0 Å². The summed E-state index contributed by atoms with van der Waals surface area (Å²) in [5.74, 6) is 0. The molecule has 1 unspecified atom stereocenters. The van der Waals surface area contributed by atoms with Gasteiger partial charge < -0.3 is 5.32 Å². The van der Waals surface area contributed by atoms with Crippen LogP contribution in [0, 0.1) is 0 Å². The van der Waals surface area contributed by atoms with Crippen LogP contribution in [0.3, 0.4) is 0 Å². The van der Waals surface area contributed by atoms with Crippen LogP contribution in [0.2, 0.25) is 0 Å². The Hall–Kier alpha value is -0.600. The second kappa shape index (κ2) is 6.36. The molecular weight excluding hydrogens is 226 g/mol. The molecule has 1 heterocycles.